The Morgan fingerprint density at radius 3 is 2.79 bits per heavy atom. The third-order valence-corrected chi connectivity index (χ3v) is 4.36. The van der Waals surface area contributed by atoms with Crippen LogP contribution in [-0.4, -0.2) is 27.7 Å². The zero-order chi connectivity index (χ0) is 19.7. The molecule has 0 aliphatic carbocycles. The number of hydrogen-bond acceptors (Lipinski definition) is 6. The van der Waals surface area contributed by atoms with Crippen molar-refractivity contribution in [2.45, 2.75) is 6.92 Å². The summed E-state index contributed by atoms with van der Waals surface area (Å²) in [5.41, 5.74) is 3.03. The van der Waals surface area contributed by atoms with Gasteiger partial charge in [0.05, 0.1) is 16.3 Å². The van der Waals surface area contributed by atoms with Crippen LogP contribution in [0.5, 0.6) is 11.5 Å². The first-order chi connectivity index (χ1) is 13.5. The van der Waals surface area contributed by atoms with Gasteiger partial charge in [0.15, 0.2) is 17.3 Å². The highest BCUT2D eigenvalue weighted by atomic mass is 16.7. The molecule has 0 unspecified atom stereocenters. The lowest BCUT2D eigenvalue weighted by atomic mass is 10.1. The van der Waals surface area contributed by atoms with E-state index in [9.17, 15) is 14.9 Å². The minimum atomic E-state index is -0.471. The van der Waals surface area contributed by atoms with Gasteiger partial charge in [-0.05, 0) is 55.5 Å². The highest BCUT2D eigenvalue weighted by molar-refractivity contribution is 6.07. The first kappa shape index (κ1) is 17.5. The molecular formula is C20H15N3O5. The van der Waals surface area contributed by atoms with Crippen LogP contribution in [0.4, 0.5) is 5.69 Å². The number of fused-ring (bicyclic) bond motifs is 1. The molecule has 0 saturated carbocycles. The predicted octanol–water partition coefficient (Wildman–Crippen LogP) is 3.92. The number of H-pyrrole nitrogens is 1. The van der Waals surface area contributed by atoms with Gasteiger partial charge in [0, 0.05) is 22.8 Å². The average molecular weight is 377 g/mol. The van der Waals surface area contributed by atoms with Crippen molar-refractivity contribution >= 4 is 17.5 Å². The minimum absolute atomic E-state index is 0.0116. The van der Waals surface area contributed by atoms with Crippen LogP contribution in [0.3, 0.4) is 0 Å². The van der Waals surface area contributed by atoms with Crippen molar-refractivity contribution in [3.8, 4) is 22.8 Å². The van der Waals surface area contributed by atoms with E-state index in [1.807, 2.05) is 24.3 Å². The molecule has 140 valence electrons. The number of rotatable bonds is 5. The van der Waals surface area contributed by atoms with Crippen molar-refractivity contribution in [1.29, 1.82) is 0 Å². The molecule has 0 fully saturated rings. The molecule has 8 heteroatoms. The van der Waals surface area contributed by atoms with Crippen LogP contribution >= 0.6 is 0 Å². The highest BCUT2D eigenvalue weighted by Gasteiger charge is 2.15. The number of carbonyl (C=O) groups is 1. The largest absolute Gasteiger partial charge is 0.454 e. The second-order valence-electron chi connectivity index (χ2n) is 6.23. The Labute approximate surface area is 159 Å². The Kier molecular flexibility index (Phi) is 4.36. The first-order valence-corrected chi connectivity index (χ1v) is 8.44. The predicted molar refractivity (Wildman–Crippen MR) is 101 cm³/mol. The van der Waals surface area contributed by atoms with Gasteiger partial charge in [0.1, 0.15) is 0 Å². The maximum Gasteiger partial charge on any atom is 0.272 e. The Morgan fingerprint density at radius 1 is 1.18 bits per heavy atom. The fourth-order valence-electron chi connectivity index (χ4n) is 2.90. The number of nitro benzene ring substituents is 1. The number of nitrogens with one attached hydrogen (secondary N) is 1. The Morgan fingerprint density at radius 2 is 2.00 bits per heavy atom. The number of aryl methyl sites for hydroxylation is 1. The lowest BCUT2D eigenvalue weighted by molar-refractivity contribution is -0.385. The number of ketones is 1. The molecule has 8 nitrogen and oxygen atoms in total. The van der Waals surface area contributed by atoms with E-state index in [1.54, 1.807) is 13.0 Å². The van der Waals surface area contributed by atoms with E-state index in [4.69, 9.17) is 9.47 Å². The third-order valence-electron chi connectivity index (χ3n) is 4.36. The van der Waals surface area contributed by atoms with Crippen molar-refractivity contribution in [2.24, 2.45) is 0 Å². The molecule has 0 radical (unpaired) electrons. The molecule has 4 rings (SSSR count). The highest BCUT2D eigenvalue weighted by Crippen LogP contribution is 2.35. The summed E-state index contributed by atoms with van der Waals surface area (Å²) >= 11 is 0. The van der Waals surface area contributed by atoms with Crippen LogP contribution in [0.2, 0.25) is 0 Å². The van der Waals surface area contributed by atoms with Crippen LogP contribution in [0, 0.1) is 17.0 Å². The number of aromatic amines is 1. The Bertz CT molecular complexity index is 1120. The summed E-state index contributed by atoms with van der Waals surface area (Å²) in [5, 5.41) is 18.0. The van der Waals surface area contributed by atoms with Gasteiger partial charge in [-0.2, -0.15) is 5.10 Å². The number of nitro groups is 1. The van der Waals surface area contributed by atoms with E-state index >= 15 is 0 Å². The van der Waals surface area contributed by atoms with Gasteiger partial charge in [-0.3, -0.25) is 20.0 Å². The Hall–Kier alpha value is -3.94. The summed E-state index contributed by atoms with van der Waals surface area (Å²) in [4.78, 5) is 22.7. The minimum Gasteiger partial charge on any atom is -0.454 e. The van der Waals surface area contributed by atoms with E-state index in [1.165, 1.54) is 24.3 Å². The van der Waals surface area contributed by atoms with Crippen molar-refractivity contribution in [1.82, 2.24) is 10.2 Å². The maximum absolute atomic E-state index is 12.3. The number of ether oxygens (including phenoxy) is 2. The molecule has 0 saturated heterocycles. The van der Waals surface area contributed by atoms with E-state index in [-0.39, 0.29) is 18.3 Å². The van der Waals surface area contributed by atoms with Gasteiger partial charge in [-0.1, -0.05) is 0 Å². The molecule has 1 aromatic heterocycles. The van der Waals surface area contributed by atoms with Gasteiger partial charge in [0.25, 0.3) is 5.69 Å². The van der Waals surface area contributed by atoms with Crippen LogP contribution in [0.15, 0.2) is 48.5 Å². The van der Waals surface area contributed by atoms with E-state index in [0.29, 0.717) is 34.0 Å². The normalized spacial score (nSPS) is 12.5. The van der Waals surface area contributed by atoms with E-state index < -0.39 is 4.92 Å². The van der Waals surface area contributed by atoms with E-state index in [0.717, 1.165) is 5.56 Å². The number of carbonyl (C=O) groups excluding carboxylic acids is 1. The molecule has 2 heterocycles. The number of hydrogen-bond donors (Lipinski definition) is 1. The van der Waals surface area contributed by atoms with Crippen LogP contribution in [-0.2, 0) is 0 Å². The molecular weight excluding hydrogens is 362 g/mol. The second-order valence-corrected chi connectivity index (χ2v) is 6.23. The molecule has 3 aromatic rings. The van der Waals surface area contributed by atoms with Crippen LogP contribution < -0.4 is 9.47 Å². The zero-order valence-corrected chi connectivity index (χ0v) is 14.8. The zero-order valence-electron chi connectivity index (χ0n) is 14.8. The summed E-state index contributed by atoms with van der Waals surface area (Å²) in [6.45, 7) is 1.81. The summed E-state index contributed by atoms with van der Waals surface area (Å²) in [7, 11) is 0. The molecule has 1 aliphatic rings. The van der Waals surface area contributed by atoms with E-state index in [2.05, 4.69) is 10.2 Å². The monoisotopic (exact) mass is 377 g/mol. The van der Waals surface area contributed by atoms with Gasteiger partial charge >= 0.3 is 0 Å². The van der Waals surface area contributed by atoms with Crippen LogP contribution in [0.25, 0.3) is 17.3 Å². The fourth-order valence-corrected chi connectivity index (χ4v) is 2.90. The molecule has 1 aliphatic heterocycles. The lowest BCUT2D eigenvalue weighted by Crippen LogP contribution is -1.98. The Balaban J connectivity index is 1.50. The molecule has 0 bridgehead atoms. The molecule has 28 heavy (non-hydrogen) atoms. The average Bonchev–Trinajstić information content (AvgIpc) is 3.34. The van der Waals surface area contributed by atoms with Gasteiger partial charge in [-0.25, -0.2) is 0 Å². The topological polar surface area (TPSA) is 107 Å². The third kappa shape index (κ3) is 3.35. The fraction of sp³-hybridized carbons (Fsp3) is 0.100. The quantitative estimate of drug-likeness (QED) is 0.312. The molecule has 1 N–H and O–H groups in total. The van der Waals surface area contributed by atoms with Gasteiger partial charge < -0.3 is 9.47 Å². The van der Waals surface area contributed by atoms with Crippen molar-refractivity contribution in [3.63, 3.8) is 0 Å². The second kappa shape index (κ2) is 6.99. The number of benzene rings is 2. The van der Waals surface area contributed by atoms with Gasteiger partial charge in [0.2, 0.25) is 6.79 Å². The smallest absolute Gasteiger partial charge is 0.272 e. The maximum atomic E-state index is 12.3. The SMILES string of the molecule is Cc1cc(C(=O)/C=C/c2cc(-c3ccc4c(c3)OCO4)n[nH]2)ccc1[N+](=O)[O-]. The van der Waals surface area contributed by atoms with Crippen molar-refractivity contribution in [3.05, 3.63) is 75.5 Å². The summed E-state index contributed by atoms with van der Waals surface area (Å²) < 4.78 is 10.7. The van der Waals surface area contributed by atoms with Crippen molar-refractivity contribution < 1.29 is 19.2 Å². The molecule has 0 amide bonds. The molecule has 2 aromatic carbocycles. The summed E-state index contributed by atoms with van der Waals surface area (Å²) in [5.74, 6) is 1.11. The number of aromatic nitrogens is 2. The molecule has 0 atom stereocenters. The number of nitrogens with zero attached hydrogens (tertiary/aromatic N) is 2. The summed E-state index contributed by atoms with van der Waals surface area (Å²) in [6.07, 6.45) is 3.01. The lowest BCUT2D eigenvalue weighted by Gasteiger charge is -1.99. The van der Waals surface area contributed by atoms with Crippen LogP contribution in [0.1, 0.15) is 21.6 Å². The summed E-state index contributed by atoms with van der Waals surface area (Å²) in [6, 6.07) is 11.6. The number of allylic oxidation sites excluding steroid dienone is 1. The standard InChI is InChI=1S/C20H15N3O5/c1-12-8-14(2-5-17(12)23(25)26)18(24)6-4-15-10-16(22-21-15)13-3-7-19-20(9-13)28-11-27-19/h2-10H,11H2,1H3,(H,21,22)/b6-4+. The first-order valence-electron chi connectivity index (χ1n) is 8.44. The van der Waals surface area contributed by atoms with Gasteiger partial charge in [-0.15, -0.1) is 0 Å². The molecule has 0 spiro atoms. The van der Waals surface area contributed by atoms with Crippen molar-refractivity contribution in [2.75, 3.05) is 6.79 Å².